The van der Waals surface area contributed by atoms with Crippen molar-refractivity contribution < 1.29 is 0 Å². The summed E-state index contributed by atoms with van der Waals surface area (Å²) in [5, 5.41) is 0. The topological polar surface area (TPSA) is 26.0 Å². The lowest BCUT2D eigenvalue weighted by Crippen LogP contribution is -2.02. The van der Waals surface area contributed by atoms with E-state index in [1.165, 1.54) is 21.2 Å². The van der Waals surface area contributed by atoms with Crippen molar-refractivity contribution in [2.24, 2.45) is 5.73 Å². The van der Waals surface area contributed by atoms with Gasteiger partial charge in [-0.2, -0.15) is 0 Å². The lowest BCUT2D eigenvalue weighted by molar-refractivity contribution is 0.823. The molecule has 1 rings (SSSR count). The minimum absolute atomic E-state index is 0.764. The molecule has 2 N–H and O–H groups in total. The van der Waals surface area contributed by atoms with Crippen LogP contribution in [0.15, 0.2) is 16.6 Å². The fourth-order valence-corrected chi connectivity index (χ4v) is 2.05. The Morgan fingerprint density at radius 2 is 2.00 bits per heavy atom. The van der Waals surface area contributed by atoms with E-state index in [4.69, 9.17) is 5.73 Å². The van der Waals surface area contributed by atoms with Crippen molar-refractivity contribution in [3.05, 3.63) is 33.3 Å². The zero-order chi connectivity index (χ0) is 9.84. The van der Waals surface area contributed by atoms with Gasteiger partial charge in [-0.3, -0.25) is 0 Å². The summed E-state index contributed by atoms with van der Waals surface area (Å²) >= 11 is 3.57. The molecule has 0 bridgehead atoms. The summed E-state index contributed by atoms with van der Waals surface area (Å²) in [5.41, 5.74) is 9.66. The summed E-state index contributed by atoms with van der Waals surface area (Å²) < 4.78 is 1.21. The predicted molar refractivity (Wildman–Crippen MR) is 61.0 cm³/mol. The molecule has 0 aliphatic carbocycles. The van der Waals surface area contributed by atoms with Crippen LogP contribution in [0.2, 0.25) is 0 Å². The highest BCUT2D eigenvalue weighted by Gasteiger charge is 2.04. The first-order valence-electron chi connectivity index (χ1n) is 4.61. The van der Waals surface area contributed by atoms with E-state index in [1.54, 1.807) is 0 Å². The standard InChI is InChI=1S/C11H16BrN/c1-8-5-6-11(12)10(9(8)2)4-3-7-13/h5-6H,3-4,7,13H2,1-2H3. The third kappa shape index (κ3) is 2.55. The van der Waals surface area contributed by atoms with Gasteiger partial charge in [0.1, 0.15) is 0 Å². The van der Waals surface area contributed by atoms with Gasteiger partial charge in [0.2, 0.25) is 0 Å². The van der Waals surface area contributed by atoms with Crippen molar-refractivity contribution in [2.45, 2.75) is 26.7 Å². The highest BCUT2D eigenvalue weighted by atomic mass is 79.9. The maximum absolute atomic E-state index is 5.50. The van der Waals surface area contributed by atoms with Crippen molar-refractivity contribution in [3.8, 4) is 0 Å². The fraction of sp³-hybridized carbons (Fsp3) is 0.455. The molecule has 1 nitrogen and oxygen atoms in total. The van der Waals surface area contributed by atoms with Crippen LogP contribution in [-0.2, 0) is 6.42 Å². The smallest absolute Gasteiger partial charge is 0.0210 e. The third-order valence-corrected chi connectivity index (χ3v) is 3.19. The molecule has 0 saturated heterocycles. The van der Waals surface area contributed by atoms with Gasteiger partial charge in [-0.15, -0.1) is 0 Å². The number of hydrogen-bond acceptors (Lipinski definition) is 1. The summed E-state index contributed by atoms with van der Waals surface area (Å²) in [6.07, 6.45) is 2.13. The van der Waals surface area contributed by atoms with Crippen LogP contribution in [0, 0.1) is 13.8 Å². The molecule has 2 heteroatoms. The lowest BCUT2D eigenvalue weighted by Gasteiger charge is -2.10. The molecular weight excluding hydrogens is 226 g/mol. The van der Waals surface area contributed by atoms with Crippen LogP contribution < -0.4 is 5.73 Å². The highest BCUT2D eigenvalue weighted by Crippen LogP contribution is 2.24. The van der Waals surface area contributed by atoms with Crippen LogP contribution in [0.4, 0.5) is 0 Å². The molecule has 0 aliphatic heterocycles. The summed E-state index contributed by atoms with van der Waals surface area (Å²) in [7, 11) is 0. The zero-order valence-corrected chi connectivity index (χ0v) is 9.82. The number of benzene rings is 1. The molecule has 0 spiro atoms. The Kier molecular flexibility index (Phi) is 3.94. The minimum atomic E-state index is 0.764. The molecule has 0 saturated carbocycles. The van der Waals surface area contributed by atoms with Gasteiger partial charge < -0.3 is 5.73 Å². The summed E-state index contributed by atoms with van der Waals surface area (Å²) in [6.45, 7) is 5.08. The normalized spacial score (nSPS) is 10.5. The minimum Gasteiger partial charge on any atom is -0.330 e. The van der Waals surface area contributed by atoms with E-state index in [0.717, 1.165) is 19.4 Å². The first-order valence-corrected chi connectivity index (χ1v) is 5.40. The van der Waals surface area contributed by atoms with E-state index in [2.05, 4.69) is 41.9 Å². The van der Waals surface area contributed by atoms with E-state index in [9.17, 15) is 0 Å². The van der Waals surface area contributed by atoms with Crippen molar-refractivity contribution >= 4 is 15.9 Å². The number of aryl methyl sites for hydroxylation is 1. The van der Waals surface area contributed by atoms with E-state index in [1.807, 2.05) is 0 Å². The Morgan fingerprint density at radius 1 is 1.31 bits per heavy atom. The molecule has 0 unspecified atom stereocenters. The summed E-state index contributed by atoms with van der Waals surface area (Å²) in [6, 6.07) is 4.26. The molecule has 0 heterocycles. The summed E-state index contributed by atoms with van der Waals surface area (Å²) in [5.74, 6) is 0. The fourth-order valence-electron chi connectivity index (χ4n) is 1.43. The van der Waals surface area contributed by atoms with Gasteiger partial charge in [0, 0.05) is 4.47 Å². The van der Waals surface area contributed by atoms with Gasteiger partial charge in [0.15, 0.2) is 0 Å². The van der Waals surface area contributed by atoms with Gasteiger partial charge in [-0.05, 0) is 56.0 Å². The Bertz CT molecular complexity index is 294. The first kappa shape index (κ1) is 10.7. The molecule has 72 valence electrons. The average molecular weight is 242 g/mol. The van der Waals surface area contributed by atoms with Crippen molar-refractivity contribution in [1.29, 1.82) is 0 Å². The molecule has 0 radical (unpaired) electrons. The molecule has 1 aromatic rings. The predicted octanol–water partition coefficient (Wildman–Crippen LogP) is 2.96. The van der Waals surface area contributed by atoms with Crippen LogP contribution in [0.5, 0.6) is 0 Å². The lowest BCUT2D eigenvalue weighted by atomic mass is 10.00. The second-order valence-corrected chi connectivity index (χ2v) is 4.21. The third-order valence-electron chi connectivity index (χ3n) is 2.44. The number of rotatable bonds is 3. The Morgan fingerprint density at radius 3 is 2.62 bits per heavy atom. The van der Waals surface area contributed by atoms with Crippen molar-refractivity contribution in [3.63, 3.8) is 0 Å². The maximum atomic E-state index is 5.50. The van der Waals surface area contributed by atoms with Crippen LogP contribution in [0.25, 0.3) is 0 Å². The van der Waals surface area contributed by atoms with Gasteiger partial charge >= 0.3 is 0 Å². The van der Waals surface area contributed by atoms with Crippen LogP contribution in [0.3, 0.4) is 0 Å². The number of hydrogen-bond donors (Lipinski definition) is 1. The molecule has 13 heavy (non-hydrogen) atoms. The first-order chi connectivity index (χ1) is 6.16. The van der Waals surface area contributed by atoms with E-state index in [0.29, 0.717) is 0 Å². The Balaban J connectivity index is 2.96. The molecule has 0 aliphatic rings. The molecule has 0 amide bonds. The number of halogens is 1. The van der Waals surface area contributed by atoms with Crippen molar-refractivity contribution in [2.75, 3.05) is 6.54 Å². The van der Waals surface area contributed by atoms with Gasteiger partial charge in [-0.1, -0.05) is 22.0 Å². The molecule has 0 aromatic heterocycles. The monoisotopic (exact) mass is 241 g/mol. The Labute approximate surface area is 88.5 Å². The largest absolute Gasteiger partial charge is 0.330 e. The van der Waals surface area contributed by atoms with Crippen LogP contribution in [-0.4, -0.2) is 6.54 Å². The number of nitrogens with two attached hydrogens (primary N) is 1. The average Bonchev–Trinajstić information content (AvgIpc) is 2.12. The van der Waals surface area contributed by atoms with Gasteiger partial charge in [-0.25, -0.2) is 0 Å². The van der Waals surface area contributed by atoms with E-state index in [-0.39, 0.29) is 0 Å². The van der Waals surface area contributed by atoms with Crippen LogP contribution in [0.1, 0.15) is 23.1 Å². The zero-order valence-electron chi connectivity index (χ0n) is 8.23. The quantitative estimate of drug-likeness (QED) is 0.866. The molecule has 0 atom stereocenters. The molecule has 1 aromatic carbocycles. The summed E-state index contributed by atoms with van der Waals surface area (Å²) in [4.78, 5) is 0. The molecule has 0 fully saturated rings. The second kappa shape index (κ2) is 4.77. The van der Waals surface area contributed by atoms with E-state index < -0.39 is 0 Å². The second-order valence-electron chi connectivity index (χ2n) is 3.36. The van der Waals surface area contributed by atoms with Crippen LogP contribution >= 0.6 is 15.9 Å². The van der Waals surface area contributed by atoms with Crippen molar-refractivity contribution in [1.82, 2.24) is 0 Å². The van der Waals surface area contributed by atoms with Gasteiger partial charge in [0.25, 0.3) is 0 Å². The highest BCUT2D eigenvalue weighted by molar-refractivity contribution is 9.10. The molecular formula is C11H16BrN. The van der Waals surface area contributed by atoms with E-state index >= 15 is 0 Å². The Hall–Kier alpha value is -0.340. The maximum Gasteiger partial charge on any atom is 0.0210 e. The van der Waals surface area contributed by atoms with Gasteiger partial charge in [0.05, 0.1) is 0 Å². The SMILES string of the molecule is Cc1ccc(Br)c(CCCN)c1C.